The minimum Gasteiger partial charge on any atom is -0.466 e. The number of rotatable bonds is 43. The van der Waals surface area contributed by atoms with Crippen LogP contribution in [0.1, 0.15) is 280 Å². The molecule has 0 radical (unpaired) electrons. The van der Waals surface area contributed by atoms with Gasteiger partial charge in [-0.1, -0.05) is 118 Å². The van der Waals surface area contributed by atoms with E-state index in [-0.39, 0.29) is 42.1 Å². The van der Waals surface area contributed by atoms with Gasteiger partial charge in [0, 0.05) is 57.0 Å². The molecule has 9 nitrogen and oxygen atoms in total. The second-order valence-corrected chi connectivity index (χ2v) is 22.8. The minimum absolute atomic E-state index is 0.000481. The van der Waals surface area contributed by atoms with Crippen LogP contribution in [0.2, 0.25) is 0 Å². The Hall–Kier alpha value is -3.56. The van der Waals surface area contributed by atoms with Gasteiger partial charge in [-0.2, -0.15) is 0 Å². The molecule has 0 aromatic rings. The maximum Gasteiger partial charge on any atom is 0.305 e. The number of amides is 2. The first kappa shape index (κ1) is 67.5. The van der Waals surface area contributed by atoms with Gasteiger partial charge in [-0.25, -0.2) is 0 Å². The van der Waals surface area contributed by atoms with Crippen molar-refractivity contribution in [1.82, 2.24) is 15.1 Å². The summed E-state index contributed by atoms with van der Waals surface area (Å²) in [5.41, 5.74) is -1.60. The van der Waals surface area contributed by atoms with Crippen molar-refractivity contribution in [1.29, 1.82) is 0 Å². The Labute approximate surface area is 461 Å². The van der Waals surface area contributed by atoms with Crippen molar-refractivity contribution < 1.29 is 28.7 Å². The van der Waals surface area contributed by atoms with Crippen LogP contribution < -0.4 is 5.32 Å². The average Bonchev–Trinajstić information content (AvgIpc) is 3.37. The van der Waals surface area contributed by atoms with E-state index in [1.807, 2.05) is 4.90 Å². The molecule has 9 heteroatoms. The van der Waals surface area contributed by atoms with Crippen LogP contribution in [0.4, 0.5) is 0 Å². The summed E-state index contributed by atoms with van der Waals surface area (Å²) in [5.74, 6) is 13.9. The summed E-state index contributed by atoms with van der Waals surface area (Å²) >= 11 is 0. The molecule has 0 aliphatic heterocycles. The third-order valence-corrected chi connectivity index (χ3v) is 15.8. The summed E-state index contributed by atoms with van der Waals surface area (Å²) in [6.07, 6.45) is 40.5. The molecule has 2 rings (SSSR count). The number of hydrogen-bond acceptors (Lipinski definition) is 7. The van der Waals surface area contributed by atoms with Gasteiger partial charge in [-0.15, -0.1) is 23.7 Å². The molecule has 428 valence electrons. The highest BCUT2D eigenvalue weighted by atomic mass is 16.5. The van der Waals surface area contributed by atoms with Gasteiger partial charge in [0.2, 0.25) is 11.8 Å². The lowest BCUT2D eigenvalue weighted by molar-refractivity contribution is -0.153. The second-order valence-electron chi connectivity index (χ2n) is 22.8. The standard InChI is InChI=1S/C66H113N3O6/c1-8-13-16-19-22-25-26-27-28-29-30-31-32-35-38-44-61(70)69(50-43-49-68(11-4)12-5)66(47-41-45-62(71)74-51-39-36-33-23-20-17-14-9-2,48-42-46-63(72)75-52-40-37-34-24-21-18-15-10-3)64(73)67-65-55-58(6)53-60(57-65)54-59(7)56-65/h22,25,27-28,58-60H,8-19,26,29-57H2,1-7H3,(H,67,73)/b25-22-,28-27-. The molecule has 2 bridgehead atoms. The van der Waals surface area contributed by atoms with Crippen molar-refractivity contribution in [3.05, 3.63) is 24.3 Å². The van der Waals surface area contributed by atoms with E-state index in [1.165, 1.54) is 38.5 Å². The number of esters is 2. The largest absolute Gasteiger partial charge is 0.466 e. The predicted molar refractivity (Wildman–Crippen MR) is 314 cm³/mol. The molecule has 2 unspecified atom stereocenters. The van der Waals surface area contributed by atoms with E-state index in [4.69, 9.17) is 9.47 Å². The SMILES string of the molecule is CCCCC#CCCCCOC(=O)CCCC(CCCC(=O)OCCCCC#CCCCC)(C(=O)NC12CC(C)CC(CC(C)C1)C2)N(CCCN(CC)CC)C(=O)CCCCCCC/C=C\C/C=C\CCCCC. The first-order chi connectivity index (χ1) is 36.5. The summed E-state index contributed by atoms with van der Waals surface area (Å²) in [4.78, 5) is 62.3. The van der Waals surface area contributed by atoms with Crippen molar-refractivity contribution in [3.63, 3.8) is 0 Å². The Bertz CT molecular complexity index is 1640. The summed E-state index contributed by atoms with van der Waals surface area (Å²) in [6, 6.07) is 0. The number of hydrogen-bond donors (Lipinski definition) is 1. The normalized spacial score (nSPS) is 18.4. The number of nitrogens with one attached hydrogen (secondary N) is 1. The maximum atomic E-state index is 15.9. The molecule has 2 atom stereocenters. The summed E-state index contributed by atoms with van der Waals surface area (Å²) in [6.45, 7) is 19.3. The first-order valence-corrected chi connectivity index (χ1v) is 31.4. The molecule has 2 aliphatic rings. The lowest BCUT2D eigenvalue weighted by atomic mass is 9.61. The highest BCUT2D eigenvalue weighted by molar-refractivity contribution is 5.92. The Kier molecular flexibility index (Phi) is 39.1. The quantitative estimate of drug-likeness (QED) is 0.0281. The molecule has 0 saturated heterocycles. The maximum absolute atomic E-state index is 15.9. The van der Waals surface area contributed by atoms with Crippen molar-refractivity contribution >= 4 is 23.8 Å². The number of ether oxygens (including phenoxy) is 2. The van der Waals surface area contributed by atoms with E-state index in [1.54, 1.807) is 0 Å². The number of unbranched alkanes of at least 4 members (excludes halogenated alkanes) is 16. The Morgan fingerprint density at radius 1 is 0.547 bits per heavy atom. The zero-order valence-electron chi connectivity index (χ0n) is 49.6. The zero-order valence-corrected chi connectivity index (χ0v) is 49.6. The molecule has 0 aromatic heterocycles. The molecule has 75 heavy (non-hydrogen) atoms. The molecule has 0 spiro atoms. The van der Waals surface area contributed by atoms with Gasteiger partial charge in [0.1, 0.15) is 5.54 Å². The fourth-order valence-corrected chi connectivity index (χ4v) is 11.8. The summed E-state index contributed by atoms with van der Waals surface area (Å²) in [7, 11) is 0. The number of carbonyl (C=O) groups excluding carboxylic acids is 4. The van der Waals surface area contributed by atoms with Gasteiger partial charge in [0.25, 0.3) is 0 Å². The summed E-state index contributed by atoms with van der Waals surface area (Å²) < 4.78 is 11.5. The lowest BCUT2D eigenvalue weighted by Gasteiger charge is -2.52. The van der Waals surface area contributed by atoms with E-state index in [9.17, 15) is 9.59 Å². The smallest absolute Gasteiger partial charge is 0.305 e. The Morgan fingerprint density at radius 2 is 1.04 bits per heavy atom. The topological polar surface area (TPSA) is 105 Å². The van der Waals surface area contributed by atoms with Crippen LogP contribution in [0.5, 0.6) is 0 Å². The van der Waals surface area contributed by atoms with Gasteiger partial charge in [-0.3, -0.25) is 19.2 Å². The molecular weight excluding hydrogens is 931 g/mol. The van der Waals surface area contributed by atoms with E-state index >= 15 is 9.59 Å². The van der Waals surface area contributed by atoms with E-state index in [0.717, 1.165) is 167 Å². The minimum atomic E-state index is -1.25. The predicted octanol–water partition coefficient (Wildman–Crippen LogP) is 16.0. The van der Waals surface area contributed by atoms with Crippen molar-refractivity contribution in [2.24, 2.45) is 17.8 Å². The highest BCUT2D eigenvalue weighted by Crippen LogP contribution is 2.48. The lowest BCUT2D eigenvalue weighted by Crippen LogP contribution is -2.66. The number of carbonyl (C=O) groups is 4. The van der Waals surface area contributed by atoms with Gasteiger partial charge in [-0.05, 0) is 179 Å². The fraction of sp³-hybridized carbons (Fsp3) is 0.818. The molecule has 1 N–H and O–H groups in total. The van der Waals surface area contributed by atoms with Gasteiger partial charge in [0.15, 0.2) is 0 Å². The molecule has 0 heterocycles. The van der Waals surface area contributed by atoms with Gasteiger partial charge in [0.05, 0.1) is 13.2 Å². The van der Waals surface area contributed by atoms with Crippen LogP contribution in [-0.4, -0.2) is 84.0 Å². The van der Waals surface area contributed by atoms with Gasteiger partial charge >= 0.3 is 11.9 Å². The monoisotopic (exact) mass is 1040 g/mol. The van der Waals surface area contributed by atoms with Crippen LogP contribution in [0.25, 0.3) is 0 Å². The van der Waals surface area contributed by atoms with E-state index in [2.05, 4.69) is 107 Å². The van der Waals surface area contributed by atoms with Crippen LogP contribution in [-0.2, 0) is 28.7 Å². The third-order valence-electron chi connectivity index (χ3n) is 15.8. The molecule has 2 saturated carbocycles. The molecule has 2 aliphatic carbocycles. The molecule has 2 fully saturated rings. The number of fused-ring (bicyclic) bond motifs is 2. The van der Waals surface area contributed by atoms with Crippen LogP contribution in [0.3, 0.4) is 0 Å². The van der Waals surface area contributed by atoms with Crippen LogP contribution >= 0.6 is 0 Å². The van der Waals surface area contributed by atoms with Crippen LogP contribution in [0, 0.1) is 41.4 Å². The Balaban J connectivity index is 2.39. The molecule has 0 aromatic carbocycles. The van der Waals surface area contributed by atoms with Crippen molar-refractivity contribution in [3.8, 4) is 23.7 Å². The average molecular weight is 1040 g/mol. The van der Waals surface area contributed by atoms with Crippen LogP contribution in [0.15, 0.2) is 24.3 Å². The third kappa shape index (κ3) is 30.8. The first-order valence-electron chi connectivity index (χ1n) is 31.4. The zero-order chi connectivity index (χ0) is 54.7. The van der Waals surface area contributed by atoms with E-state index in [0.29, 0.717) is 69.6 Å². The second kappa shape index (κ2) is 43.4. The molecule has 2 amide bonds. The molecular formula is C66H113N3O6. The number of nitrogens with zero attached hydrogens (tertiary/aromatic N) is 2. The number of allylic oxidation sites excluding steroid dienone is 4. The van der Waals surface area contributed by atoms with Crippen molar-refractivity contribution in [2.75, 3.05) is 39.4 Å². The van der Waals surface area contributed by atoms with E-state index < -0.39 is 5.54 Å². The van der Waals surface area contributed by atoms with Gasteiger partial charge < -0.3 is 24.6 Å². The highest BCUT2D eigenvalue weighted by Gasteiger charge is 2.51. The fourth-order valence-electron chi connectivity index (χ4n) is 11.8. The Morgan fingerprint density at radius 3 is 1.56 bits per heavy atom. The van der Waals surface area contributed by atoms with Crippen molar-refractivity contribution in [2.45, 2.75) is 291 Å². The summed E-state index contributed by atoms with van der Waals surface area (Å²) in [5, 5.41) is 3.75.